The lowest BCUT2D eigenvalue weighted by molar-refractivity contribution is -0.149. The van der Waals surface area contributed by atoms with Crippen LogP contribution >= 0.6 is 0 Å². The van der Waals surface area contributed by atoms with Crippen molar-refractivity contribution in [2.45, 2.75) is 18.9 Å². The zero-order chi connectivity index (χ0) is 16.7. The fourth-order valence-corrected chi connectivity index (χ4v) is 3.84. The Labute approximate surface area is 134 Å². The third-order valence-corrected chi connectivity index (χ3v) is 5.05. The molecule has 8 heteroatoms. The molecule has 1 N–H and O–H groups in total. The molecule has 2 rings (SSSR count). The van der Waals surface area contributed by atoms with Crippen LogP contribution in [0.1, 0.15) is 12.8 Å². The summed E-state index contributed by atoms with van der Waals surface area (Å²) in [5, 5.41) is 2.55. The van der Waals surface area contributed by atoms with Gasteiger partial charge in [0.1, 0.15) is 5.75 Å². The quantitative estimate of drug-likeness (QED) is 0.716. The molecule has 23 heavy (non-hydrogen) atoms. The Morgan fingerprint density at radius 1 is 1.22 bits per heavy atom. The van der Waals surface area contributed by atoms with Gasteiger partial charge in [0, 0.05) is 6.04 Å². The molecule has 126 valence electrons. The summed E-state index contributed by atoms with van der Waals surface area (Å²) in [5.74, 6) is -0.369. The Morgan fingerprint density at radius 3 is 2.61 bits per heavy atom. The van der Waals surface area contributed by atoms with Gasteiger partial charge in [-0.15, -0.1) is 0 Å². The molecule has 0 saturated carbocycles. The molecule has 1 aliphatic rings. The van der Waals surface area contributed by atoms with E-state index in [0.29, 0.717) is 12.2 Å². The van der Waals surface area contributed by atoms with Gasteiger partial charge in [0.15, 0.2) is 16.4 Å². The van der Waals surface area contributed by atoms with Crippen LogP contribution in [0.4, 0.5) is 0 Å². The third-order valence-electron chi connectivity index (χ3n) is 3.28. The molecule has 0 spiro atoms. The first kappa shape index (κ1) is 17.3. The minimum absolute atomic E-state index is 0.0278. The number of carbonyl (C=O) groups is 2. The van der Waals surface area contributed by atoms with Crippen molar-refractivity contribution in [3.05, 3.63) is 30.3 Å². The van der Waals surface area contributed by atoms with Crippen molar-refractivity contribution in [1.29, 1.82) is 0 Å². The monoisotopic (exact) mass is 341 g/mol. The van der Waals surface area contributed by atoms with Crippen LogP contribution in [-0.2, 0) is 24.2 Å². The molecular formula is C15H19NO6S. The number of ether oxygens (including phenoxy) is 2. The molecule has 1 saturated heterocycles. The van der Waals surface area contributed by atoms with E-state index in [1.807, 2.05) is 18.2 Å². The Hall–Kier alpha value is -2.09. The number of esters is 1. The number of benzene rings is 1. The average Bonchev–Trinajstić information content (AvgIpc) is 2.85. The van der Waals surface area contributed by atoms with Crippen molar-refractivity contribution >= 4 is 21.7 Å². The maximum absolute atomic E-state index is 11.6. The van der Waals surface area contributed by atoms with Crippen molar-refractivity contribution in [3.8, 4) is 5.75 Å². The molecule has 0 bridgehead atoms. The van der Waals surface area contributed by atoms with Gasteiger partial charge in [-0.2, -0.15) is 0 Å². The predicted octanol–water partition coefficient (Wildman–Crippen LogP) is 0.302. The van der Waals surface area contributed by atoms with Gasteiger partial charge in [0.25, 0.3) is 5.91 Å². The van der Waals surface area contributed by atoms with Crippen molar-refractivity contribution in [3.63, 3.8) is 0 Å². The van der Waals surface area contributed by atoms with E-state index >= 15 is 0 Å². The lowest BCUT2D eigenvalue weighted by Gasteiger charge is -2.11. The maximum atomic E-state index is 11.6. The number of sulfone groups is 1. The Morgan fingerprint density at radius 2 is 1.96 bits per heavy atom. The number of hydrogen-bond acceptors (Lipinski definition) is 6. The molecule has 0 unspecified atom stereocenters. The molecule has 1 heterocycles. The molecule has 1 aromatic rings. The highest BCUT2D eigenvalue weighted by molar-refractivity contribution is 7.91. The zero-order valence-electron chi connectivity index (χ0n) is 12.6. The molecule has 1 atom stereocenters. The largest absolute Gasteiger partial charge is 0.493 e. The Balaban J connectivity index is 1.59. The molecule has 1 aliphatic heterocycles. The summed E-state index contributed by atoms with van der Waals surface area (Å²) in [4.78, 5) is 23.1. The fraction of sp³-hybridized carbons (Fsp3) is 0.467. The lowest BCUT2D eigenvalue weighted by Crippen LogP contribution is -2.38. The second kappa shape index (κ2) is 7.96. The normalized spacial score (nSPS) is 19.0. The number of rotatable bonds is 7. The van der Waals surface area contributed by atoms with Gasteiger partial charge >= 0.3 is 5.97 Å². The summed E-state index contributed by atoms with van der Waals surface area (Å²) in [5.41, 5.74) is 0. The number of carbonyl (C=O) groups excluding carboxylic acids is 2. The zero-order valence-corrected chi connectivity index (χ0v) is 13.4. The first-order valence-electron chi connectivity index (χ1n) is 7.28. The van der Waals surface area contributed by atoms with Gasteiger partial charge in [0.2, 0.25) is 0 Å². The highest BCUT2D eigenvalue weighted by Crippen LogP contribution is 2.11. The molecule has 0 aromatic heterocycles. The van der Waals surface area contributed by atoms with Gasteiger partial charge < -0.3 is 14.8 Å². The number of amides is 1. The Kier molecular flexibility index (Phi) is 5.97. The van der Waals surface area contributed by atoms with Crippen molar-refractivity contribution in [2.75, 3.05) is 24.7 Å². The van der Waals surface area contributed by atoms with E-state index in [2.05, 4.69) is 5.32 Å². The topological polar surface area (TPSA) is 98.8 Å². The standard InChI is InChI=1S/C15H19NO6S/c17-14(16-12-7-9-23(19,20)11-12)10-22-15(18)6-8-21-13-4-2-1-3-5-13/h1-5,12H,6-11H2,(H,16,17)/t12-/m1/s1. The Bertz CT molecular complexity index is 643. The number of para-hydroxylation sites is 1. The summed E-state index contributed by atoms with van der Waals surface area (Å²) in [6.07, 6.45) is 0.424. The highest BCUT2D eigenvalue weighted by Gasteiger charge is 2.28. The summed E-state index contributed by atoms with van der Waals surface area (Å²) < 4.78 is 32.7. The van der Waals surface area contributed by atoms with Gasteiger partial charge in [-0.05, 0) is 18.6 Å². The van der Waals surface area contributed by atoms with Crippen LogP contribution in [0.25, 0.3) is 0 Å². The smallest absolute Gasteiger partial charge is 0.309 e. The van der Waals surface area contributed by atoms with Gasteiger partial charge in [-0.1, -0.05) is 18.2 Å². The molecule has 7 nitrogen and oxygen atoms in total. The SMILES string of the molecule is O=C(COC(=O)CCOc1ccccc1)N[C@@H]1CCS(=O)(=O)C1. The van der Waals surface area contributed by atoms with Crippen molar-refractivity contribution < 1.29 is 27.5 Å². The summed E-state index contributed by atoms with van der Waals surface area (Å²) >= 11 is 0. The van der Waals surface area contributed by atoms with Gasteiger partial charge in [0.05, 0.1) is 24.5 Å². The fourth-order valence-electron chi connectivity index (χ4n) is 2.17. The van der Waals surface area contributed by atoms with Crippen LogP contribution in [0.3, 0.4) is 0 Å². The maximum Gasteiger partial charge on any atom is 0.309 e. The van der Waals surface area contributed by atoms with Crippen LogP contribution in [0, 0.1) is 0 Å². The third kappa shape index (κ3) is 6.27. The van der Waals surface area contributed by atoms with Crippen LogP contribution in [0.15, 0.2) is 30.3 Å². The van der Waals surface area contributed by atoms with Crippen molar-refractivity contribution in [1.82, 2.24) is 5.32 Å². The van der Waals surface area contributed by atoms with Crippen LogP contribution < -0.4 is 10.1 Å². The van der Waals surface area contributed by atoms with E-state index < -0.39 is 34.4 Å². The highest BCUT2D eigenvalue weighted by atomic mass is 32.2. The molecule has 1 aromatic carbocycles. The van der Waals surface area contributed by atoms with Crippen LogP contribution in [-0.4, -0.2) is 51.1 Å². The van der Waals surface area contributed by atoms with E-state index in [9.17, 15) is 18.0 Å². The van der Waals surface area contributed by atoms with Crippen LogP contribution in [0.2, 0.25) is 0 Å². The minimum Gasteiger partial charge on any atom is -0.493 e. The lowest BCUT2D eigenvalue weighted by atomic mass is 10.2. The van der Waals surface area contributed by atoms with E-state index in [1.165, 1.54) is 0 Å². The summed E-state index contributed by atoms with van der Waals surface area (Å²) in [6.45, 7) is -0.258. The van der Waals surface area contributed by atoms with E-state index in [0.717, 1.165) is 0 Å². The second-order valence-corrected chi connectivity index (χ2v) is 7.47. The van der Waals surface area contributed by atoms with Crippen molar-refractivity contribution in [2.24, 2.45) is 0 Å². The summed E-state index contributed by atoms with van der Waals surface area (Å²) in [6, 6.07) is 8.65. The van der Waals surface area contributed by atoms with E-state index in [4.69, 9.17) is 9.47 Å². The minimum atomic E-state index is -3.05. The first-order valence-corrected chi connectivity index (χ1v) is 9.10. The second-order valence-electron chi connectivity index (χ2n) is 5.24. The first-order chi connectivity index (χ1) is 10.9. The van der Waals surface area contributed by atoms with Crippen LogP contribution in [0.5, 0.6) is 5.75 Å². The predicted molar refractivity (Wildman–Crippen MR) is 82.7 cm³/mol. The molecular weight excluding hydrogens is 322 g/mol. The average molecular weight is 341 g/mol. The number of nitrogens with one attached hydrogen (secondary N) is 1. The van der Waals surface area contributed by atoms with Gasteiger partial charge in [-0.3, -0.25) is 9.59 Å². The number of hydrogen-bond donors (Lipinski definition) is 1. The van der Waals surface area contributed by atoms with Gasteiger partial charge in [-0.25, -0.2) is 8.42 Å². The molecule has 1 amide bonds. The molecule has 0 radical (unpaired) electrons. The van der Waals surface area contributed by atoms with E-state index in [1.54, 1.807) is 12.1 Å². The summed E-state index contributed by atoms with van der Waals surface area (Å²) in [7, 11) is -3.05. The molecule has 0 aliphatic carbocycles. The molecule has 1 fully saturated rings. The van der Waals surface area contributed by atoms with E-state index in [-0.39, 0.29) is 24.5 Å².